The SMILES string of the molecule is C=C(C)CN(C)Cc1ccc(CN)cc1Br. The van der Waals surface area contributed by atoms with Gasteiger partial charge in [0.2, 0.25) is 0 Å². The van der Waals surface area contributed by atoms with E-state index in [-0.39, 0.29) is 0 Å². The smallest absolute Gasteiger partial charge is 0.0245 e. The second-order valence-electron chi connectivity index (χ2n) is 4.26. The van der Waals surface area contributed by atoms with Gasteiger partial charge in [0.05, 0.1) is 0 Å². The molecule has 0 heterocycles. The predicted octanol–water partition coefficient (Wildman–Crippen LogP) is 2.92. The molecule has 0 saturated heterocycles. The molecule has 0 fully saturated rings. The molecule has 0 unspecified atom stereocenters. The molecule has 0 amide bonds. The first-order chi connectivity index (χ1) is 7.52. The van der Waals surface area contributed by atoms with Crippen LogP contribution in [-0.2, 0) is 13.1 Å². The van der Waals surface area contributed by atoms with E-state index in [9.17, 15) is 0 Å². The summed E-state index contributed by atoms with van der Waals surface area (Å²) in [5.41, 5.74) is 9.20. The number of rotatable bonds is 5. The molecule has 1 aromatic carbocycles. The summed E-state index contributed by atoms with van der Waals surface area (Å²) in [6.45, 7) is 8.38. The monoisotopic (exact) mass is 282 g/mol. The normalized spacial score (nSPS) is 10.8. The van der Waals surface area contributed by atoms with Gasteiger partial charge in [0.1, 0.15) is 0 Å². The zero-order chi connectivity index (χ0) is 12.1. The van der Waals surface area contributed by atoms with Gasteiger partial charge in [0.15, 0.2) is 0 Å². The number of hydrogen-bond donors (Lipinski definition) is 1. The number of nitrogens with two attached hydrogens (primary N) is 1. The van der Waals surface area contributed by atoms with Gasteiger partial charge in [0.25, 0.3) is 0 Å². The van der Waals surface area contributed by atoms with Crippen LogP contribution < -0.4 is 5.73 Å². The van der Waals surface area contributed by atoms with Crippen LogP contribution in [0, 0.1) is 0 Å². The summed E-state index contributed by atoms with van der Waals surface area (Å²) >= 11 is 3.58. The van der Waals surface area contributed by atoms with Gasteiger partial charge in [-0.3, -0.25) is 4.90 Å². The van der Waals surface area contributed by atoms with Gasteiger partial charge in [0, 0.05) is 24.1 Å². The number of benzene rings is 1. The summed E-state index contributed by atoms with van der Waals surface area (Å²) in [6.07, 6.45) is 0. The van der Waals surface area contributed by atoms with Crippen molar-refractivity contribution in [3.05, 3.63) is 46.0 Å². The highest BCUT2D eigenvalue weighted by Gasteiger charge is 2.04. The van der Waals surface area contributed by atoms with Crippen molar-refractivity contribution in [2.24, 2.45) is 5.73 Å². The molecular weight excluding hydrogens is 264 g/mol. The molecule has 1 rings (SSSR count). The third kappa shape index (κ3) is 4.08. The van der Waals surface area contributed by atoms with Crippen molar-refractivity contribution in [3.63, 3.8) is 0 Å². The van der Waals surface area contributed by atoms with E-state index < -0.39 is 0 Å². The lowest BCUT2D eigenvalue weighted by Crippen LogP contribution is -2.19. The Kier molecular flexibility index (Phi) is 5.19. The van der Waals surface area contributed by atoms with Crippen molar-refractivity contribution in [1.82, 2.24) is 4.90 Å². The van der Waals surface area contributed by atoms with Gasteiger partial charge < -0.3 is 5.73 Å². The van der Waals surface area contributed by atoms with E-state index >= 15 is 0 Å². The number of halogens is 1. The van der Waals surface area contributed by atoms with E-state index in [4.69, 9.17) is 5.73 Å². The van der Waals surface area contributed by atoms with Gasteiger partial charge >= 0.3 is 0 Å². The van der Waals surface area contributed by atoms with E-state index in [1.807, 2.05) is 6.92 Å². The van der Waals surface area contributed by atoms with Crippen LogP contribution in [0.3, 0.4) is 0 Å². The predicted molar refractivity (Wildman–Crippen MR) is 73.2 cm³/mol. The van der Waals surface area contributed by atoms with Crippen molar-refractivity contribution in [3.8, 4) is 0 Å². The van der Waals surface area contributed by atoms with E-state index in [0.29, 0.717) is 6.54 Å². The molecule has 0 radical (unpaired) electrons. The van der Waals surface area contributed by atoms with Gasteiger partial charge in [-0.1, -0.05) is 40.2 Å². The highest BCUT2D eigenvalue weighted by molar-refractivity contribution is 9.10. The maximum absolute atomic E-state index is 5.59. The van der Waals surface area contributed by atoms with E-state index in [2.05, 4.69) is 52.7 Å². The Labute approximate surface area is 106 Å². The van der Waals surface area contributed by atoms with E-state index in [1.165, 1.54) is 11.1 Å². The molecule has 3 heteroatoms. The Balaban J connectivity index is 2.70. The standard InChI is InChI=1S/C13H19BrN2/c1-10(2)8-16(3)9-12-5-4-11(7-15)6-13(12)14/h4-6H,1,7-9,15H2,2-3H3. The minimum atomic E-state index is 0.584. The summed E-state index contributed by atoms with van der Waals surface area (Å²) < 4.78 is 1.13. The van der Waals surface area contributed by atoms with Crippen LogP contribution in [0.5, 0.6) is 0 Å². The average molecular weight is 283 g/mol. The molecule has 0 bridgehead atoms. The minimum Gasteiger partial charge on any atom is -0.326 e. The van der Waals surface area contributed by atoms with Crippen molar-refractivity contribution in [2.75, 3.05) is 13.6 Å². The average Bonchev–Trinajstić information content (AvgIpc) is 2.19. The number of likely N-dealkylation sites (N-methyl/N-ethyl adjacent to an activating group) is 1. The first-order valence-electron chi connectivity index (χ1n) is 5.33. The van der Waals surface area contributed by atoms with Gasteiger partial charge in [-0.2, -0.15) is 0 Å². The third-order valence-electron chi connectivity index (χ3n) is 2.33. The van der Waals surface area contributed by atoms with Crippen LogP contribution in [0.2, 0.25) is 0 Å². The number of hydrogen-bond acceptors (Lipinski definition) is 2. The Hall–Kier alpha value is -0.640. The zero-order valence-corrected chi connectivity index (χ0v) is 11.5. The molecule has 1 aromatic rings. The second kappa shape index (κ2) is 6.18. The Morgan fingerprint density at radius 1 is 1.50 bits per heavy atom. The highest BCUT2D eigenvalue weighted by Crippen LogP contribution is 2.20. The zero-order valence-electron chi connectivity index (χ0n) is 9.96. The molecule has 0 aliphatic rings. The van der Waals surface area contributed by atoms with Gasteiger partial charge in [-0.25, -0.2) is 0 Å². The topological polar surface area (TPSA) is 29.3 Å². The minimum absolute atomic E-state index is 0.584. The van der Waals surface area contributed by atoms with Crippen LogP contribution >= 0.6 is 15.9 Å². The molecule has 0 aliphatic heterocycles. The lowest BCUT2D eigenvalue weighted by Gasteiger charge is -2.17. The van der Waals surface area contributed by atoms with Crippen LogP contribution in [0.15, 0.2) is 34.8 Å². The quantitative estimate of drug-likeness (QED) is 0.842. The fourth-order valence-electron chi connectivity index (χ4n) is 1.65. The lowest BCUT2D eigenvalue weighted by molar-refractivity contribution is 0.355. The van der Waals surface area contributed by atoms with E-state index in [1.54, 1.807) is 0 Å². The molecule has 0 atom stereocenters. The van der Waals surface area contributed by atoms with Crippen molar-refractivity contribution >= 4 is 15.9 Å². The molecular formula is C13H19BrN2. The van der Waals surface area contributed by atoms with Crippen molar-refractivity contribution in [1.29, 1.82) is 0 Å². The lowest BCUT2D eigenvalue weighted by atomic mass is 10.1. The largest absolute Gasteiger partial charge is 0.326 e. The van der Waals surface area contributed by atoms with Gasteiger partial charge in [-0.15, -0.1) is 0 Å². The van der Waals surface area contributed by atoms with Crippen LogP contribution in [0.25, 0.3) is 0 Å². The van der Waals surface area contributed by atoms with Crippen LogP contribution in [-0.4, -0.2) is 18.5 Å². The fourth-order valence-corrected chi connectivity index (χ4v) is 2.21. The fraction of sp³-hybridized carbons (Fsp3) is 0.385. The Morgan fingerprint density at radius 2 is 2.19 bits per heavy atom. The summed E-state index contributed by atoms with van der Waals surface area (Å²) in [5.74, 6) is 0. The van der Waals surface area contributed by atoms with Crippen LogP contribution in [0.4, 0.5) is 0 Å². The highest BCUT2D eigenvalue weighted by atomic mass is 79.9. The third-order valence-corrected chi connectivity index (χ3v) is 3.07. The summed E-state index contributed by atoms with van der Waals surface area (Å²) in [4.78, 5) is 2.24. The first kappa shape index (κ1) is 13.4. The maximum Gasteiger partial charge on any atom is 0.0245 e. The molecule has 2 N–H and O–H groups in total. The van der Waals surface area contributed by atoms with Gasteiger partial charge in [-0.05, 0) is 31.2 Å². The summed E-state index contributed by atoms with van der Waals surface area (Å²) in [5, 5.41) is 0. The molecule has 16 heavy (non-hydrogen) atoms. The molecule has 0 aliphatic carbocycles. The first-order valence-corrected chi connectivity index (χ1v) is 6.12. The molecule has 2 nitrogen and oxygen atoms in total. The summed E-state index contributed by atoms with van der Waals surface area (Å²) in [6, 6.07) is 6.29. The molecule has 0 saturated carbocycles. The van der Waals surface area contributed by atoms with Crippen molar-refractivity contribution in [2.45, 2.75) is 20.0 Å². The number of nitrogens with zero attached hydrogens (tertiary/aromatic N) is 1. The van der Waals surface area contributed by atoms with Crippen LogP contribution in [0.1, 0.15) is 18.1 Å². The molecule has 0 aromatic heterocycles. The second-order valence-corrected chi connectivity index (χ2v) is 5.11. The van der Waals surface area contributed by atoms with Crippen molar-refractivity contribution < 1.29 is 0 Å². The Morgan fingerprint density at radius 3 is 2.69 bits per heavy atom. The summed E-state index contributed by atoms with van der Waals surface area (Å²) in [7, 11) is 2.10. The molecule has 0 spiro atoms. The Bertz CT molecular complexity index is 374. The maximum atomic E-state index is 5.59. The van der Waals surface area contributed by atoms with E-state index in [0.717, 1.165) is 23.1 Å². The molecule has 88 valence electrons.